The predicted octanol–water partition coefficient (Wildman–Crippen LogP) is 3.60. The van der Waals surface area contributed by atoms with Crippen molar-refractivity contribution in [1.29, 1.82) is 0 Å². The van der Waals surface area contributed by atoms with Crippen LogP contribution in [-0.2, 0) is 16.1 Å². The number of benzene rings is 2. The standard InChI is InChI=1S/C23H21FN2O4S/c24-18-5-2-1-4-16(18)12-26-19(13-30-14-21(26)27)22(28)15-7-9-17(10-8-15)25-23(29)20-6-3-11-31-20/h1-11,19,22,28H,12-14H2,(H,25,29). The molecule has 2 unspecified atom stereocenters. The highest BCUT2D eigenvalue weighted by molar-refractivity contribution is 7.12. The van der Waals surface area contributed by atoms with E-state index in [0.717, 1.165) is 0 Å². The van der Waals surface area contributed by atoms with Crippen LogP contribution >= 0.6 is 11.3 Å². The van der Waals surface area contributed by atoms with Crippen LogP contribution < -0.4 is 5.32 Å². The summed E-state index contributed by atoms with van der Waals surface area (Å²) in [5, 5.41) is 15.6. The van der Waals surface area contributed by atoms with Crippen LogP contribution in [0.5, 0.6) is 0 Å². The summed E-state index contributed by atoms with van der Waals surface area (Å²) in [5.74, 6) is -0.912. The molecule has 0 aliphatic carbocycles. The van der Waals surface area contributed by atoms with E-state index in [1.165, 1.54) is 22.3 Å². The van der Waals surface area contributed by atoms with Crippen molar-refractivity contribution < 1.29 is 23.8 Å². The number of anilines is 1. The molecule has 1 aliphatic rings. The number of nitrogens with one attached hydrogen (secondary N) is 1. The lowest BCUT2D eigenvalue weighted by Crippen LogP contribution is -2.51. The van der Waals surface area contributed by atoms with Crippen LogP contribution in [0.2, 0.25) is 0 Å². The molecule has 160 valence electrons. The molecule has 2 aromatic carbocycles. The largest absolute Gasteiger partial charge is 0.386 e. The van der Waals surface area contributed by atoms with Gasteiger partial charge in [-0.25, -0.2) is 4.39 Å². The number of morpholine rings is 1. The van der Waals surface area contributed by atoms with E-state index in [1.54, 1.807) is 54.6 Å². The van der Waals surface area contributed by atoms with Crippen molar-refractivity contribution in [3.63, 3.8) is 0 Å². The molecule has 0 bridgehead atoms. The van der Waals surface area contributed by atoms with Gasteiger partial charge in [-0.2, -0.15) is 0 Å². The molecule has 1 fully saturated rings. The summed E-state index contributed by atoms with van der Waals surface area (Å²) in [4.78, 5) is 26.7. The van der Waals surface area contributed by atoms with Gasteiger partial charge in [0.25, 0.3) is 5.91 Å². The van der Waals surface area contributed by atoms with Gasteiger partial charge in [0.2, 0.25) is 5.91 Å². The van der Waals surface area contributed by atoms with Crippen molar-refractivity contribution >= 4 is 28.8 Å². The van der Waals surface area contributed by atoms with Crippen molar-refractivity contribution in [1.82, 2.24) is 4.90 Å². The van der Waals surface area contributed by atoms with E-state index < -0.39 is 18.0 Å². The molecule has 3 aromatic rings. The van der Waals surface area contributed by atoms with Gasteiger partial charge in [-0.3, -0.25) is 9.59 Å². The smallest absolute Gasteiger partial charge is 0.265 e. The predicted molar refractivity (Wildman–Crippen MR) is 115 cm³/mol. The van der Waals surface area contributed by atoms with Gasteiger partial charge in [0.15, 0.2) is 0 Å². The zero-order chi connectivity index (χ0) is 21.8. The number of hydrogen-bond donors (Lipinski definition) is 2. The molecular weight excluding hydrogens is 419 g/mol. The highest BCUT2D eigenvalue weighted by Crippen LogP contribution is 2.27. The molecule has 1 saturated heterocycles. The minimum absolute atomic E-state index is 0.0472. The second kappa shape index (κ2) is 9.38. The quantitative estimate of drug-likeness (QED) is 0.614. The third kappa shape index (κ3) is 4.82. The fourth-order valence-corrected chi connectivity index (χ4v) is 4.11. The molecular formula is C23H21FN2O4S. The Morgan fingerprint density at radius 2 is 1.97 bits per heavy atom. The Morgan fingerprint density at radius 3 is 2.68 bits per heavy atom. The normalized spacial score (nSPS) is 17.4. The van der Waals surface area contributed by atoms with Gasteiger partial charge in [-0.15, -0.1) is 11.3 Å². The zero-order valence-electron chi connectivity index (χ0n) is 16.5. The summed E-state index contributed by atoms with van der Waals surface area (Å²) in [5.41, 5.74) is 1.53. The third-order valence-electron chi connectivity index (χ3n) is 5.15. The topological polar surface area (TPSA) is 78.9 Å². The van der Waals surface area contributed by atoms with Crippen LogP contribution in [0.25, 0.3) is 0 Å². The minimum Gasteiger partial charge on any atom is -0.386 e. The number of thiophene rings is 1. The van der Waals surface area contributed by atoms with Crippen LogP contribution in [0.15, 0.2) is 66.0 Å². The molecule has 1 aromatic heterocycles. The number of carbonyl (C=O) groups excluding carboxylic acids is 2. The second-order valence-corrected chi connectivity index (χ2v) is 8.14. The summed E-state index contributed by atoms with van der Waals surface area (Å²) < 4.78 is 19.5. The number of hydrogen-bond acceptors (Lipinski definition) is 5. The number of nitrogens with zero attached hydrogens (tertiary/aromatic N) is 1. The van der Waals surface area contributed by atoms with Crippen molar-refractivity contribution in [3.8, 4) is 0 Å². The third-order valence-corrected chi connectivity index (χ3v) is 6.02. The average molecular weight is 440 g/mol. The molecule has 2 heterocycles. The van der Waals surface area contributed by atoms with Gasteiger partial charge in [0.05, 0.1) is 17.5 Å². The van der Waals surface area contributed by atoms with E-state index in [-0.39, 0.29) is 31.6 Å². The van der Waals surface area contributed by atoms with E-state index >= 15 is 0 Å². The van der Waals surface area contributed by atoms with Gasteiger partial charge in [-0.05, 0) is 35.2 Å². The summed E-state index contributed by atoms with van der Waals surface area (Å²) >= 11 is 1.35. The maximum Gasteiger partial charge on any atom is 0.265 e. The Hall–Kier alpha value is -3.07. The lowest BCUT2D eigenvalue weighted by molar-refractivity contribution is -0.155. The van der Waals surface area contributed by atoms with Gasteiger partial charge in [0.1, 0.15) is 18.5 Å². The molecule has 2 N–H and O–H groups in total. The molecule has 2 amide bonds. The molecule has 1 aliphatic heterocycles. The van der Waals surface area contributed by atoms with Crippen LogP contribution in [0.4, 0.5) is 10.1 Å². The molecule has 31 heavy (non-hydrogen) atoms. The number of aliphatic hydroxyl groups excluding tert-OH is 1. The van der Waals surface area contributed by atoms with E-state index in [9.17, 15) is 19.1 Å². The fourth-order valence-electron chi connectivity index (χ4n) is 3.49. The highest BCUT2D eigenvalue weighted by Gasteiger charge is 2.35. The first-order valence-corrected chi connectivity index (χ1v) is 10.6. The fraction of sp³-hybridized carbons (Fsp3) is 0.217. The van der Waals surface area contributed by atoms with Crippen molar-refractivity contribution in [3.05, 3.63) is 87.9 Å². The molecule has 0 radical (unpaired) electrons. The van der Waals surface area contributed by atoms with Gasteiger partial charge >= 0.3 is 0 Å². The molecule has 0 saturated carbocycles. The van der Waals surface area contributed by atoms with E-state index in [1.807, 2.05) is 5.38 Å². The van der Waals surface area contributed by atoms with Gasteiger partial charge in [0, 0.05) is 17.8 Å². The zero-order valence-corrected chi connectivity index (χ0v) is 17.3. The Kier molecular flexibility index (Phi) is 6.41. The molecule has 0 spiro atoms. The Morgan fingerprint density at radius 1 is 1.19 bits per heavy atom. The van der Waals surface area contributed by atoms with Crippen molar-refractivity contribution in [2.75, 3.05) is 18.5 Å². The van der Waals surface area contributed by atoms with E-state index in [0.29, 0.717) is 21.7 Å². The van der Waals surface area contributed by atoms with Crippen LogP contribution in [0, 0.1) is 5.82 Å². The summed E-state index contributed by atoms with van der Waals surface area (Å²) in [7, 11) is 0. The first-order valence-electron chi connectivity index (χ1n) is 9.76. The Balaban J connectivity index is 1.48. The summed E-state index contributed by atoms with van der Waals surface area (Å²) in [6.45, 7) is 0.0785. The summed E-state index contributed by atoms with van der Waals surface area (Å²) in [6.07, 6.45) is -1.03. The lowest BCUT2D eigenvalue weighted by Gasteiger charge is -2.38. The minimum atomic E-state index is -1.03. The number of rotatable bonds is 6. The van der Waals surface area contributed by atoms with Crippen molar-refractivity contribution in [2.24, 2.45) is 0 Å². The molecule has 8 heteroatoms. The van der Waals surface area contributed by atoms with Crippen LogP contribution in [0.3, 0.4) is 0 Å². The monoisotopic (exact) mass is 440 g/mol. The number of carbonyl (C=O) groups is 2. The Labute approximate surface area is 182 Å². The molecule has 4 rings (SSSR count). The number of halogens is 1. The lowest BCUT2D eigenvalue weighted by atomic mass is 9.99. The van der Waals surface area contributed by atoms with Gasteiger partial charge < -0.3 is 20.1 Å². The second-order valence-electron chi connectivity index (χ2n) is 7.19. The molecule has 6 nitrogen and oxygen atoms in total. The number of amides is 2. The SMILES string of the molecule is O=C(Nc1ccc(C(O)C2COCC(=O)N2Cc2ccccc2F)cc1)c1cccs1. The number of aliphatic hydroxyl groups is 1. The van der Waals surface area contributed by atoms with E-state index in [2.05, 4.69) is 5.32 Å². The van der Waals surface area contributed by atoms with Crippen LogP contribution in [0.1, 0.15) is 26.9 Å². The Bertz CT molecular complexity index is 1060. The first-order chi connectivity index (χ1) is 15.0. The molecule has 2 atom stereocenters. The van der Waals surface area contributed by atoms with E-state index in [4.69, 9.17) is 4.74 Å². The van der Waals surface area contributed by atoms with Crippen molar-refractivity contribution in [2.45, 2.75) is 18.7 Å². The maximum atomic E-state index is 14.1. The summed E-state index contributed by atoms with van der Waals surface area (Å²) in [6, 6.07) is 15.9. The highest BCUT2D eigenvalue weighted by atomic mass is 32.1. The van der Waals surface area contributed by atoms with Crippen LogP contribution in [-0.4, -0.2) is 41.1 Å². The average Bonchev–Trinajstić information content (AvgIpc) is 3.32. The van der Waals surface area contributed by atoms with Gasteiger partial charge in [-0.1, -0.05) is 36.4 Å². The maximum absolute atomic E-state index is 14.1. The number of ether oxygens (including phenoxy) is 1. The first kappa shape index (κ1) is 21.2.